The van der Waals surface area contributed by atoms with Crippen molar-refractivity contribution >= 4 is 0 Å². The van der Waals surface area contributed by atoms with E-state index in [1.54, 1.807) is 0 Å². The van der Waals surface area contributed by atoms with E-state index in [0.717, 1.165) is 0 Å². The van der Waals surface area contributed by atoms with E-state index < -0.39 is 0 Å². The molecule has 1 heterocycles. The van der Waals surface area contributed by atoms with Gasteiger partial charge in [-0.1, -0.05) is 26.2 Å². The maximum atomic E-state index is 4.15. The summed E-state index contributed by atoms with van der Waals surface area (Å²) in [5.41, 5.74) is 0.398. The topological polar surface area (TPSA) is 17.8 Å². The number of imidazole rings is 1. The third-order valence-electron chi connectivity index (χ3n) is 3.49. The Labute approximate surface area is 80.0 Å². The van der Waals surface area contributed by atoms with Crippen molar-refractivity contribution in [3.8, 4) is 0 Å². The minimum Gasteiger partial charge on any atom is -0.331 e. The Bertz CT molecular complexity index is 245. The smallest absolute Gasteiger partial charge is 0.0951 e. The second-order valence-electron chi connectivity index (χ2n) is 4.11. The first-order valence-corrected chi connectivity index (χ1v) is 5.36. The van der Waals surface area contributed by atoms with Crippen LogP contribution in [0, 0.1) is 0 Å². The van der Waals surface area contributed by atoms with Crippen LogP contribution in [0.15, 0.2) is 18.7 Å². The highest BCUT2D eigenvalue weighted by molar-refractivity contribution is 4.92. The van der Waals surface area contributed by atoms with Crippen molar-refractivity contribution in [1.29, 1.82) is 0 Å². The van der Waals surface area contributed by atoms with Gasteiger partial charge in [-0.15, -0.1) is 0 Å². The maximum absolute atomic E-state index is 4.15. The lowest BCUT2D eigenvalue weighted by atomic mass is 9.79. The first kappa shape index (κ1) is 8.79. The van der Waals surface area contributed by atoms with Gasteiger partial charge in [0.2, 0.25) is 0 Å². The fourth-order valence-electron chi connectivity index (χ4n) is 2.54. The Morgan fingerprint density at radius 3 is 2.62 bits per heavy atom. The Kier molecular flexibility index (Phi) is 2.38. The lowest BCUT2D eigenvalue weighted by Gasteiger charge is -2.37. The molecule has 0 N–H and O–H groups in total. The van der Waals surface area contributed by atoms with Gasteiger partial charge in [-0.05, 0) is 19.3 Å². The van der Waals surface area contributed by atoms with Gasteiger partial charge in [0, 0.05) is 17.9 Å². The van der Waals surface area contributed by atoms with Crippen molar-refractivity contribution in [2.45, 2.75) is 51.0 Å². The summed E-state index contributed by atoms with van der Waals surface area (Å²) in [6.45, 7) is 2.30. The maximum Gasteiger partial charge on any atom is 0.0951 e. The number of rotatable bonds is 2. The molecule has 1 aliphatic carbocycles. The molecule has 1 aromatic rings. The van der Waals surface area contributed by atoms with Crippen LogP contribution in [0.1, 0.15) is 45.4 Å². The van der Waals surface area contributed by atoms with Crippen LogP contribution in [-0.4, -0.2) is 9.55 Å². The highest BCUT2D eigenvalue weighted by Gasteiger charge is 2.31. The van der Waals surface area contributed by atoms with Gasteiger partial charge in [0.05, 0.1) is 6.33 Å². The van der Waals surface area contributed by atoms with Crippen LogP contribution < -0.4 is 0 Å². The van der Waals surface area contributed by atoms with Crippen LogP contribution in [0.4, 0.5) is 0 Å². The molecule has 2 rings (SSSR count). The molecule has 2 heteroatoms. The number of hydrogen-bond acceptors (Lipinski definition) is 1. The monoisotopic (exact) mass is 178 g/mol. The van der Waals surface area contributed by atoms with Crippen LogP contribution in [-0.2, 0) is 5.54 Å². The predicted molar refractivity (Wildman–Crippen MR) is 53.6 cm³/mol. The van der Waals surface area contributed by atoms with Crippen LogP contribution in [0.3, 0.4) is 0 Å². The first-order chi connectivity index (χ1) is 6.37. The molecule has 1 fully saturated rings. The van der Waals surface area contributed by atoms with Crippen molar-refractivity contribution in [3.63, 3.8) is 0 Å². The molecule has 0 atom stereocenters. The first-order valence-electron chi connectivity index (χ1n) is 5.36. The van der Waals surface area contributed by atoms with Gasteiger partial charge in [0.25, 0.3) is 0 Å². The van der Waals surface area contributed by atoms with Gasteiger partial charge in [0.1, 0.15) is 0 Å². The molecule has 0 radical (unpaired) electrons. The molecule has 0 aliphatic heterocycles. The quantitative estimate of drug-likeness (QED) is 0.680. The van der Waals surface area contributed by atoms with Gasteiger partial charge >= 0.3 is 0 Å². The van der Waals surface area contributed by atoms with E-state index in [1.807, 2.05) is 12.5 Å². The summed E-state index contributed by atoms with van der Waals surface area (Å²) in [4.78, 5) is 4.15. The summed E-state index contributed by atoms with van der Waals surface area (Å²) in [7, 11) is 0. The number of nitrogens with zero attached hydrogens (tertiary/aromatic N) is 2. The minimum absolute atomic E-state index is 0.398. The molecule has 1 saturated carbocycles. The molecule has 1 aromatic heterocycles. The highest BCUT2D eigenvalue weighted by Crippen LogP contribution is 2.37. The van der Waals surface area contributed by atoms with Crippen LogP contribution in [0.2, 0.25) is 0 Å². The largest absolute Gasteiger partial charge is 0.331 e. The van der Waals surface area contributed by atoms with Gasteiger partial charge in [-0.3, -0.25) is 0 Å². The Hall–Kier alpha value is -0.790. The standard InChI is InChI=1S/C11H18N2/c1-2-11(6-4-3-5-7-11)13-9-8-12-10-13/h8-10H,2-7H2,1H3. The molecule has 0 bridgehead atoms. The second-order valence-corrected chi connectivity index (χ2v) is 4.11. The number of aromatic nitrogens is 2. The van der Waals surface area contributed by atoms with E-state index in [9.17, 15) is 0 Å². The van der Waals surface area contributed by atoms with E-state index in [1.165, 1.54) is 38.5 Å². The molecular formula is C11H18N2. The molecule has 0 spiro atoms. The molecule has 0 saturated heterocycles. The average Bonchev–Trinajstić information content (AvgIpc) is 2.72. The third-order valence-corrected chi connectivity index (χ3v) is 3.49. The van der Waals surface area contributed by atoms with E-state index in [-0.39, 0.29) is 0 Å². The van der Waals surface area contributed by atoms with Crippen LogP contribution >= 0.6 is 0 Å². The molecule has 13 heavy (non-hydrogen) atoms. The lowest BCUT2D eigenvalue weighted by Crippen LogP contribution is -2.34. The fraction of sp³-hybridized carbons (Fsp3) is 0.727. The molecule has 72 valence electrons. The Morgan fingerprint density at radius 2 is 2.08 bits per heavy atom. The van der Waals surface area contributed by atoms with E-state index in [0.29, 0.717) is 5.54 Å². The second kappa shape index (κ2) is 3.52. The molecule has 0 amide bonds. The minimum atomic E-state index is 0.398. The normalized spacial score (nSPS) is 21.6. The molecule has 2 nitrogen and oxygen atoms in total. The van der Waals surface area contributed by atoms with E-state index in [4.69, 9.17) is 0 Å². The Morgan fingerprint density at radius 1 is 1.31 bits per heavy atom. The highest BCUT2D eigenvalue weighted by atomic mass is 15.1. The SMILES string of the molecule is CCC1(n2ccnc2)CCCCC1. The molecule has 1 aliphatic rings. The third kappa shape index (κ3) is 1.50. The van der Waals surface area contributed by atoms with Gasteiger partial charge < -0.3 is 4.57 Å². The summed E-state index contributed by atoms with van der Waals surface area (Å²) in [5, 5.41) is 0. The molecule has 0 unspecified atom stereocenters. The van der Waals surface area contributed by atoms with Crippen molar-refractivity contribution in [1.82, 2.24) is 9.55 Å². The van der Waals surface area contributed by atoms with Crippen molar-refractivity contribution in [3.05, 3.63) is 18.7 Å². The summed E-state index contributed by atoms with van der Waals surface area (Å²) < 4.78 is 2.33. The zero-order valence-electron chi connectivity index (χ0n) is 8.37. The summed E-state index contributed by atoms with van der Waals surface area (Å²) in [5.74, 6) is 0. The molecule has 0 aromatic carbocycles. The van der Waals surface area contributed by atoms with Crippen molar-refractivity contribution in [2.24, 2.45) is 0 Å². The van der Waals surface area contributed by atoms with E-state index in [2.05, 4.69) is 22.7 Å². The number of hydrogen-bond donors (Lipinski definition) is 0. The van der Waals surface area contributed by atoms with Gasteiger partial charge in [0.15, 0.2) is 0 Å². The zero-order chi connectivity index (χ0) is 9.15. The lowest BCUT2D eigenvalue weighted by molar-refractivity contribution is 0.185. The van der Waals surface area contributed by atoms with Crippen molar-refractivity contribution < 1.29 is 0 Å². The van der Waals surface area contributed by atoms with Gasteiger partial charge in [-0.2, -0.15) is 0 Å². The van der Waals surface area contributed by atoms with E-state index >= 15 is 0 Å². The van der Waals surface area contributed by atoms with Crippen LogP contribution in [0.5, 0.6) is 0 Å². The van der Waals surface area contributed by atoms with Crippen LogP contribution in [0.25, 0.3) is 0 Å². The summed E-state index contributed by atoms with van der Waals surface area (Å²) >= 11 is 0. The fourth-order valence-corrected chi connectivity index (χ4v) is 2.54. The van der Waals surface area contributed by atoms with Crippen molar-refractivity contribution in [2.75, 3.05) is 0 Å². The average molecular weight is 178 g/mol. The summed E-state index contributed by atoms with van der Waals surface area (Å²) in [6.07, 6.45) is 14.1. The predicted octanol–water partition coefficient (Wildman–Crippen LogP) is 2.95. The zero-order valence-corrected chi connectivity index (χ0v) is 8.37. The Balaban J connectivity index is 2.23. The molecular weight excluding hydrogens is 160 g/mol. The van der Waals surface area contributed by atoms with Gasteiger partial charge in [-0.25, -0.2) is 4.98 Å². The summed E-state index contributed by atoms with van der Waals surface area (Å²) in [6, 6.07) is 0.